The van der Waals surface area contributed by atoms with Crippen molar-refractivity contribution in [2.75, 3.05) is 28.3 Å². The second kappa shape index (κ2) is 8.44. The van der Waals surface area contributed by atoms with Gasteiger partial charge in [0.25, 0.3) is 5.91 Å². The molecule has 0 bridgehead atoms. The van der Waals surface area contributed by atoms with Crippen LogP contribution in [0.3, 0.4) is 0 Å². The molecular weight excluding hydrogens is 340 g/mol. The van der Waals surface area contributed by atoms with Crippen molar-refractivity contribution in [2.24, 2.45) is 0 Å². The zero-order valence-corrected chi connectivity index (χ0v) is 16.6. The fraction of sp³-hybridized carbons (Fsp3) is 0.409. The smallest absolute Gasteiger partial charge is 0.253 e. The lowest BCUT2D eigenvalue weighted by Gasteiger charge is -2.24. The van der Waals surface area contributed by atoms with E-state index in [-0.39, 0.29) is 5.91 Å². The largest absolute Gasteiger partial charge is 0.497 e. The zero-order chi connectivity index (χ0) is 19.4. The molecule has 1 saturated carbocycles. The van der Waals surface area contributed by atoms with Gasteiger partial charge < -0.3 is 14.4 Å². The third kappa shape index (κ3) is 4.80. The summed E-state index contributed by atoms with van der Waals surface area (Å²) in [6, 6.07) is 14.4. The highest BCUT2D eigenvalue weighted by atomic mass is 16.5. The molecule has 0 heterocycles. The molecule has 0 N–H and O–H groups in total. The number of benzene rings is 2. The van der Waals surface area contributed by atoms with Gasteiger partial charge in [-0.2, -0.15) is 0 Å². The maximum absolute atomic E-state index is 12.3. The van der Waals surface area contributed by atoms with Crippen LogP contribution in [-0.2, 0) is 13.1 Å². The Kier molecular flexibility index (Phi) is 6.01. The van der Waals surface area contributed by atoms with E-state index in [1.54, 1.807) is 33.2 Å². The van der Waals surface area contributed by atoms with Crippen LogP contribution in [0.4, 0.5) is 0 Å². The maximum Gasteiger partial charge on any atom is 0.253 e. The Morgan fingerprint density at radius 2 is 1.81 bits per heavy atom. The highest BCUT2D eigenvalue weighted by molar-refractivity contribution is 5.94. The van der Waals surface area contributed by atoms with Crippen LogP contribution >= 0.6 is 0 Å². The van der Waals surface area contributed by atoms with Crippen LogP contribution in [-0.4, -0.2) is 50.1 Å². The van der Waals surface area contributed by atoms with Crippen LogP contribution in [0.25, 0.3) is 0 Å². The molecule has 5 heteroatoms. The molecule has 0 saturated heterocycles. The average molecular weight is 368 g/mol. The van der Waals surface area contributed by atoms with Crippen molar-refractivity contribution in [2.45, 2.75) is 32.0 Å². The van der Waals surface area contributed by atoms with Crippen molar-refractivity contribution in [1.29, 1.82) is 0 Å². The molecule has 0 aliphatic heterocycles. The van der Waals surface area contributed by atoms with Crippen LogP contribution in [0.1, 0.15) is 34.3 Å². The van der Waals surface area contributed by atoms with Crippen molar-refractivity contribution in [3.05, 3.63) is 59.2 Å². The number of carbonyl (C=O) groups excluding carboxylic acids is 1. The van der Waals surface area contributed by atoms with Gasteiger partial charge in [-0.1, -0.05) is 12.1 Å². The fourth-order valence-corrected chi connectivity index (χ4v) is 3.27. The summed E-state index contributed by atoms with van der Waals surface area (Å²) in [6.45, 7) is 1.59. The summed E-state index contributed by atoms with van der Waals surface area (Å²) in [4.78, 5) is 16.3. The van der Waals surface area contributed by atoms with Gasteiger partial charge in [-0.3, -0.25) is 9.69 Å². The number of ether oxygens (including phenoxy) is 2. The summed E-state index contributed by atoms with van der Waals surface area (Å²) in [5.41, 5.74) is 2.99. The molecule has 1 aliphatic rings. The summed E-state index contributed by atoms with van der Waals surface area (Å²) < 4.78 is 10.9. The van der Waals surface area contributed by atoms with Crippen molar-refractivity contribution in [3.63, 3.8) is 0 Å². The van der Waals surface area contributed by atoms with E-state index in [0.717, 1.165) is 41.3 Å². The molecule has 5 nitrogen and oxygen atoms in total. The predicted molar refractivity (Wildman–Crippen MR) is 106 cm³/mol. The summed E-state index contributed by atoms with van der Waals surface area (Å²) in [7, 11) is 6.93. The van der Waals surface area contributed by atoms with E-state index >= 15 is 0 Å². The van der Waals surface area contributed by atoms with Crippen molar-refractivity contribution in [1.82, 2.24) is 9.80 Å². The minimum Gasteiger partial charge on any atom is -0.497 e. The molecule has 3 rings (SSSR count). The number of methoxy groups -OCH3 is 2. The van der Waals surface area contributed by atoms with Crippen molar-refractivity contribution >= 4 is 5.91 Å². The lowest BCUT2D eigenvalue weighted by Crippen LogP contribution is -2.26. The Morgan fingerprint density at radius 1 is 1.04 bits per heavy atom. The van der Waals surface area contributed by atoms with Crippen molar-refractivity contribution < 1.29 is 14.3 Å². The van der Waals surface area contributed by atoms with Crippen LogP contribution in [0.2, 0.25) is 0 Å². The first-order chi connectivity index (χ1) is 13.0. The first-order valence-corrected chi connectivity index (χ1v) is 9.27. The third-order valence-electron chi connectivity index (χ3n) is 4.89. The van der Waals surface area contributed by atoms with Gasteiger partial charge >= 0.3 is 0 Å². The van der Waals surface area contributed by atoms with E-state index in [4.69, 9.17) is 9.47 Å². The number of carbonyl (C=O) groups is 1. The first-order valence-electron chi connectivity index (χ1n) is 9.27. The van der Waals surface area contributed by atoms with Gasteiger partial charge in [0.05, 0.1) is 14.2 Å². The van der Waals surface area contributed by atoms with Gasteiger partial charge in [0, 0.05) is 44.4 Å². The molecule has 0 radical (unpaired) electrons. The average Bonchev–Trinajstić information content (AvgIpc) is 3.52. The number of hydrogen-bond donors (Lipinski definition) is 0. The standard InChI is InChI=1S/C22H28N2O3/c1-23(2)22(25)17-7-5-6-16(12-17)14-24(19-8-9-19)15-18-13-20(26-3)10-11-21(18)27-4/h5-7,10-13,19H,8-9,14-15H2,1-4H3. The van der Waals surface area contributed by atoms with E-state index in [1.165, 1.54) is 12.8 Å². The van der Waals surface area contributed by atoms with E-state index in [1.807, 2.05) is 36.4 Å². The molecule has 0 unspecified atom stereocenters. The molecule has 0 atom stereocenters. The number of amides is 1. The first kappa shape index (κ1) is 19.2. The van der Waals surface area contributed by atoms with Gasteiger partial charge in [-0.25, -0.2) is 0 Å². The maximum atomic E-state index is 12.3. The topological polar surface area (TPSA) is 42.0 Å². The number of nitrogens with zero attached hydrogens (tertiary/aromatic N) is 2. The highest BCUT2D eigenvalue weighted by Gasteiger charge is 2.29. The molecule has 1 fully saturated rings. The van der Waals surface area contributed by atoms with Gasteiger partial charge in [0.15, 0.2) is 0 Å². The molecule has 1 aliphatic carbocycles. The summed E-state index contributed by atoms with van der Waals surface area (Å²) in [5.74, 6) is 1.74. The fourth-order valence-electron chi connectivity index (χ4n) is 3.27. The summed E-state index contributed by atoms with van der Waals surface area (Å²) >= 11 is 0. The van der Waals surface area contributed by atoms with E-state index in [0.29, 0.717) is 6.04 Å². The van der Waals surface area contributed by atoms with Crippen LogP contribution < -0.4 is 9.47 Å². The Labute approximate surface area is 161 Å². The van der Waals surface area contributed by atoms with Crippen LogP contribution in [0, 0.1) is 0 Å². The third-order valence-corrected chi connectivity index (χ3v) is 4.89. The molecule has 27 heavy (non-hydrogen) atoms. The minimum absolute atomic E-state index is 0.0317. The molecule has 0 spiro atoms. The molecule has 2 aromatic rings. The molecule has 1 amide bonds. The quantitative estimate of drug-likeness (QED) is 0.714. The van der Waals surface area contributed by atoms with Gasteiger partial charge in [0.1, 0.15) is 11.5 Å². The predicted octanol–water partition coefficient (Wildman–Crippen LogP) is 3.57. The Hall–Kier alpha value is -2.53. The van der Waals surface area contributed by atoms with Gasteiger partial charge in [0.2, 0.25) is 0 Å². The highest BCUT2D eigenvalue weighted by Crippen LogP contribution is 2.33. The second-order valence-corrected chi connectivity index (χ2v) is 7.21. The molecular formula is C22H28N2O3. The lowest BCUT2D eigenvalue weighted by molar-refractivity contribution is 0.0827. The second-order valence-electron chi connectivity index (χ2n) is 7.21. The number of hydrogen-bond acceptors (Lipinski definition) is 4. The van der Waals surface area contributed by atoms with Crippen molar-refractivity contribution in [3.8, 4) is 11.5 Å². The van der Waals surface area contributed by atoms with E-state index in [9.17, 15) is 4.79 Å². The van der Waals surface area contributed by atoms with E-state index in [2.05, 4.69) is 11.0 Å². The number of rotatable bonds is 8. The summed E-state index contributed by atoms with van der Waals surface area (Å²) in [5, 5.41) is 0. The Morgan fingerprint density at radius 3 is 2.44 bits per heavy atom. The monoisotopic (exact) mass is 368 g/mol. The normalized spacial score (nSPS) is 13.5. The SMILES string of the molecule is COc1ccc(OC)c(CN(Cc2cccc(C(=O)N(C)C)c2)C2CC2)c1. The zero-order valence-electron chi connectivity index (χ0n) is 16.6. The molecule has 2 aromatic carbocycles. The van der Waals surface area contributed by atoms with Crippen LogP contribution in [0.5, 0.6) is 11.5 Å². The minimum atomic E-state index is 0.0317. The molecule has 144 valence electrons. The van der Waals surface area contributed by atoms with Gasteiger partial charge in [-0.05, 0) is 48.7 Å². The van der Waals surface area contributed by atoms with Gasteiger partial charge in [-0.15, -0.1) is 0 Å². The lowest BCUT2D eigenvalue weighted by atomic mass is 10.1. The summed E-state index contributed by atoms with van der Waals surface area (Å²) in [6.07, 6.45) is 2.42. The Balaban J connectivity index is 1.80. The van der Waals surface area contributed by atoms with E-state index < -0.39 is 0 Å². The molecule has 0 aromatic heterocycles. The van der Waals surface area contributed by atoms with Crippen LogP contribution in [0.15, 0.2) is 42.5 Å². The Bertz CT molecular complexity index is 800.